The Balaban J connectivity index is 1.54. The first kappa shape index (κ1) is 25.4. The van der Waals surface area contributed by atoms with Crippen LogP contribution in [0.5, 0.6) is 0 Å². The molecule has 0 spiro atoms. The lowest BCUT2D eigenvalue weighted by atomic mass is 10.2. The van der Waals surface area contributed by atoms with E-state index in [-0.39, 0.29) is 42.7 Å². The Morgan fingerprint density at radius 1 is 1.06 bits per heavy atom. The molecule has 0 aliphatic carbocycles. The summed E-state index contributed by atoms with van der Waals surface area (Å²) in [5.74, 6) is -2.08. The Morgan fingerprint density at radius 3 is 2.46 bits per heavy atom. The number of carbonyl (C=O) groups is 5. The Hall–Kier alpha value is -4.21. The molecule has 10 heteroatoms. The molecule has 1 aliphatic heterocycles. The second-order valence-corrected chi connectivity index (χ2v) is 8.07. The van der Waals surface area contributed by atoms with Gasteiger partial charge in [-0.15, -0.1) is 0 Å². The number of ether oxygens (including phenoxy) is 1. The predicted octanol–water partition coefficient (Wildman–Crippen LogP) is 2.19. The standard InChI is InChI=1S/C25H28N4O6/c1-3-14-28(15-22(31)26-20-7-5-4-6-17(20)2)24(33)16-35-25(34)18-8-10-19(11-9-18)29-23(32)13-12-21(30)27-29/h4-11H,3,12-16H2,1-2H3,(H,26,31)(H,27,30). The summed E-state index contributed by atoms with van der Waals surface area (Å²) in [6, 6.07) is 13.2. The molecule has 3 rings (SSSR count). The van der Waals surface area contributed by atoms with Crippen molar-refractivity contribution in [2.45, 2.75) is 33.1 Å². The maximum absolute atomic E-state index is 12.6. The van der Waals surface area contributed by atoms with Crippen molar-refractivity contribution in [3.63, 3.8) is 0 Å². The molecule has 2 aromatic rings. The molecular formula is C25H28N4O6. The van der Waals surface area contributed by atoms with Crippen molar-refractivity contribution in [3.8, 4) is 0 Å². The van der Waals surface area contributed by atoms with Crippen molar-refractivity contribution in [2.24, 2.45) is 0 Å². The molecule has 0 bridgehead atoms. The van der Waals surface area contributed by atoms with Crippen molar-refractivity contribution in [1.82, 2.24) is 10.3 Å². The van der Waals surface area contributed by atoms with Gasteiger partial charge in [0.2, 0.25) is 17.7 Å². The number of amides is 4. The molecule has 1 heterocycles. The number of para-hydroxylation sites is 1. The fourth-order valence-corrected chi connectivity index (χ4v) is 3.47. The monoisotopic (exact) mass is 480 g/mol. The zero-order valence-electron chi connectivity index (χ0n) is 19.7. The van der Waals surface area contributed by atoms with Crippen LogP contribution in [0.15, 0.2) is 48.5 Å². The molecular weight excluding hydrogens is 452 g/mol. The van der Waals surface area contributed by atoms with Crippen molar-refractivity contribution >= 4 is 41.0 Å². The maximum Gasteiger partial charge on any atom is 0.338 e. The minimum absolute atomic E-state index is 0.106. The van der Waals surface area contributed by atoms with E-state index in [1.807, 2.05) is 32.0 Å². The molecule has 0 unspecified atom stereocenters. The number of nitrogens with one attached hydrogen (secondary N) is 2. The molecule has 1 fully saturated rings. The number of aryl methyl sites for hydroxylation is 1. The van der Waals surface area contributed by atoms with Crippen LogP contribution in [0.4, 0.5) is 11.4 Å². The molecule has 2 N–H and O–H groups in total. The fourth-order valence-electron chi connectivity index (χ4n) is 3.47. The topological polar surface area (TPSA) is 125 Å². The van der Waals surface area contributed by atoms with Crippen LogP contribution in [0.3, 0.4) is 0 Å². The number of anilines is 2. The summed E-state index contributed by atoms with van der Waals surface area (Å²) >= 11 is 0. The van der Waals surface area contributed by atoms with Crippen LogP contribution in [0.25, 0.3) is 0 Å². The first-order valence-corrected chi connectivity index (χ1v) is 11.3. The summed E-state index contributed by atoms with van der Waals surface area (Å²) in [5.41, 5.74) is 4.63. The zero-order valence-corrected chi connectivity index (χ0v) is 19.7. The predicted molar refractivity (Wildman–Crippen MR) is 128 cm³/mol. The van der Waals surface area contributed by atoms with Crippen LogP contribution in [0, 0.1) is 6.92 Å². The Kier molecular flexibility index (Phi) is 8.55. The molecule has 0 saturated carbocycles. The van der Waals surface area contributed by atoms with Gasteiger partial charge >= 0.3 is 5.97 Å². The lowest BCUT2D eigenvalue weighted by molar-refractivity contribution is -0.137. The highest BCUT2D eigenvalue weighted by Gasteiger charge is 2.25. The van der Waals surface area contributed by atoms with Gasteiger partial charge in [-0.25, -0.2) is 9.80 Å². The van der Waals surface area contributed by atoms with E-state index in [1.54, 1.807) is 6.07 Å². The van der Waals surface area contributed by atoms with E-state index in [4.69, 9.17) is 4.74 Å². The van der Waals surface area contributed by atoms with E-state index in [1.165, 1.54) is 29.2 Å². The molecule has 0 radical (unpaired) electrons. The van der Waals surface area contributed by atoms with Crippen LogP contribution in [0.2, 0.25) is 0 Å². The van der Waals surface area contributed by atoms with Crippen LogP contribution >= 0.6 is 0 Å². The Bertz CT molecular complexity index is 1120. The molecule has 35 heavy (non-hydrogen) atoms. The summed E-state index contributed by atoms with van der Waals surface area (Å²) in [6.45, 7) is 3.41. The number of carbonyl (C=O) groups excluding carboxylic acids is 5. The second-order valence-electron chi connectivity index (χ2n) is 8.07. The molecule has 0 aromatic heterocycles. The largest absolute Gasteiger partial charge is 0.452 e. The summed E-state index contributed by atoms with van der Waals surface area (Å²) in [5, 5.41) is 3.92. The number of hydrogen-bond acceptors (Lipinski definition) is 6. The molecule has 0 atom stereocenters. The van der Waals surface area contributed by atoms with E-state index in [9.17, 15) is 24.0 Å². The first-order valence-electron chi connectivity index (χ1n) is 11.3. The van der Waals surface area contributed by atoms with E-state index < -0.39 is 18.5 Å². The summed E-state index contributed by atoms with van der Waals surface area (Å²) < 4.78 is 5.15. The maximum atomic E-state index is 12.6. The van der Waals surface area contributed by atoms with Crippen molar-refractivity contribution in [3.05, 3.63) is 59.7 Å². The van der Waals surface area contributed by atoms with Gasteiger partial charge in [0.1, 0.15) is 0 Å². The van der Waals surface area contributed by atoms with Gasteiger partial charge in [0.15, 0.2) is 6.61 Å². The third kappa shape index (κ3) is 6.89. The zero-order chi connectivity index (χ0) is 25.4. The third-order valence-electron chi connectivity index (χ3n) is 5.34. The highest BCUT2D eigenvalue weighted by atomic mass is 16.5. The van der Waals surface area contributed by atoms with Gasteiger partial charge in [-0.3, -0.25) is 24.6 Å². The number of hydrazine groups is 1. The molecule has 1 saturated heterocycles. The van der Waals surface area contributed by atoms with E-state index >= 15 is 0 Å². The fraction of sp³-hybridized carbons (Fsp3) is 0.320. The average molecular weight is 481 g/mol. The van der Waals surface area contributed by atoms with Crippen molar-refractivity contribution in [2.75, 3.05) is 30.0 Å². The summed E-state index contributed by atoms with van der Waals surface area (Å²) in [4.78, 5) is 62.4. The lowest BCUT2D eigenvalue weighted by Crippen LogP contribution is -2.50. The normalized spacial score (nSPS) is 13.1. The number of rotatable bonds is 9. The van der Waals surface area contributed by atoms with Crippen molar-refractivity contribution in [1.29, 1.82) is 0 Å². The molecule has 10 nitrogen and oxygen atoms in total. The smallest absolute Gasteiger partial charge is 0.338 e. The lowest BCUT2D eigenvalue weighted by Gasteiger charge is -2.27. The number of esters is 1. The highest BCUT2D eigenvalue weighted by Crippen LogP contribution is 2.18. The van der Waals surface area contributed by atoms with Gasteiger partial charge < -0.3 is 15.0 Å². The quantitative estimate of drug-likeness (QED) is 0.530. The second kappa shape index (κ2) is 11.8. The van der Waals surface area contributed by atoms with Gasteiger partial charge in [0.25, 0.3) is 5.91 Å². The number of benzene rings is 2. The Morgan fingerprint density at radius 2 is 1.77 bits per heavy atom. The molecule has 2 aromatic carbocycles. The number of nitrogens with zero attached hydrogens (tertiary/aromatic N) is 2. The van der Waals surface area contributed by atoms with Gasteiger partial charge in [-0.2, -0.15) is 0 Å². The van der Waals surface area contributed by atoms with Crippen LogP contribution in [-0.4, -0.2) is 54.2 Å². The Labute approximate surface area is 203 Å². The van der Waals surface area contributed by atoms with Gasteiger partial charge in [-0.05, 0) is 49.2 Å². The minimum atomic E-state index is -0.722. The highest BCUT2D eigenvalue weighted by molar-refractivity contribution is 6.01. The molecule has 184 valence electrons. The summed E-state index contributed by atoms with van der Waals surface area (Å²) in [6.07, 6.45) is 0.871. The summed E-state index contributed by atoms with van der Waals surface area (Å²) in [7, 11) is 0. The third-order valence-corrected chi connectivity index (χ3v) is 5.34. The van der Waals surface area contributed by atoms with E-state index in [0.717, 1.165) is 10.6 Å². The molecule has 1 aliphatic rings. The SMILES string of the molecule is CCCN(CC(=O)Nc1ccccc1C)C(=O)COC(=O)c1ccc(N2NC(=O)CCC2=O)cc1. The van der Waals surface area contributed by atoms with Crippen LogP contribution < -0.4 is 15.8 Å². The van der Waals surface area contributed by atoms with E-state index in [2.05, 4.69) is 10.7 Å². The number of hydrogen-bond donors (Lipinski definition) is 2. The minimum Gasteiger partial charge on any atom is -0.452 e. The van der Waals surface area contributed by atoms with Gasteiger partial charge in [0, 0.05) is 25.1 Å². The van der Waals surface area contributed by atoms with Crippen LogP contribution in [0.1, 0.15) is 42.1 Å². The van der Waals surface area contributed by atoms with Crippen molar-refractivity contribution < 1.29 is 28.7 Å². The van der Waals surface area contributed by atoms with Crippen LogP contribution in [-0.2, 0) is 23.9 Å². The molecule has 4 amide bonds. The average Bonchev–Trinajstić information content (AvgIpc) is 2.85. The van der Waals surface area contributed by atoms with Gasteiger partial charge in [0.05, 0.1) is 17.8 Å². The van der Waals surface area contributed by atoms with Gasteiger partial charge in [-0.1, -0.05) is 25.1 Å². The first-order chi connectivity index (χ1) is 16.8. The van der Waals surface area contributed by atoms with E-state index in [0.29, 0.717) is 24.3 Å².